The Morgan fingerprint density at radius 1 is 0.615 bits per heavy atom. The SMILES string of the molecule is CC(C)=[CH][In]([CH]=C(C)C)[CH]=C(C)C. The summed E-state index contributed by atoms with van der Waals surface area (Å²) in [4.78, 5) is 0. The Morgan fingerprint density at radius 3 is 1.00 bits per heavy atom. The Morgan fingerprint density at radius 2 is 0.846 bits per heavy atom. The summed E-state index contributed by atoms with van der Waals surface area (Å²) in [7, 11) is 0. The molecule has 0 atom stereocenters. The van der Waals surface area contributed by atoms with Crippen molar-refractivity contribution in [3.8, 4) is 0 Å². The van der Waals surface area contributed by atoms with E-state index in [0.717, 1.165) is 0 Å². The molecule has 0 fully saturated rings. The number of hydrogen-bond donors (Lipinski definition) is 0. The summed E-state index contributed by atoms with van der Waals surface area (Å²) in [5.74, 6) is 0. The third-order valence-electron chi connectivity index (χ3n) is 1.58. The molecule has 0 unspecified atom stereocenters. The molecular formula is C12H21In. The molecule has 0 aromatic rings. The quantitative estimate of drug-likeness (QED) is 0.733. The van der Waals surface area contributed by atoms with E-state index in [2.05, 4.69) is 53.0 Å². The van der Waals surface area contributed by atoms with E-state index in [9.17, 15) is 0 Å². The molecule has 0 radical (unpaired) electrons. The third kappa shape index (κ3) is 8.42. The molecule has 0 amide bonds. The summed E-state index contributed by atoms with van der Waals surface area (Å²) in [5.41, 5.74) is 4.40. The van der Waals surface area contributed by atoms with Crippen LogP contribution in [0.2, 0.25) is 0 Å². The summed E-state index contributed by atoms with van der Waals surface area (Å²) in [5, 5.41) is 0. The van der Waals surface area contributed by atoms with Crippen molar-refractivity contribution in [2.24, 2.45) is 0 Å². The van der Waals surface area contributed by atoms with Crippen molar-refractivity contribution in [1.82, 2.24) is 0 Å². The van der Waals surface area contributed by atoms with Crippen molar-refractivity contribution < 1.29 is 0 Å². The molecule has 0 rings (SSSR count). The fourth-order valence-electron chi connectivity index (χ4n) is 1.30. The zero-order valence-electron chi connectivity index (χ0n) is 9.81. The van der Waals surface area contributed by atoms with Gasteiger partial charge in [0.1, 0.15) is 0 Å². The zero-order chi connectivity index (χ0) is 10.4. The second kappa shape index (κ2) is 6.53. The molecule has 0 nitrogen and oxygen atoms in total. The molecule has 0 aromatic heterocycles. The van der Waals surface area contributed by atoms with Gasteiger partial charge in [-0.25, -0.2) is 0 Å². The molecule has 0 spiro atoms. The average Bonchev–Trinajstić information content (AvgIpc) is 1.80. The van der Waals surface area contributed by atoms with E-state index < -0.39 is 21.4 Å². The first-order chi connectivity index (χ1) is 5.91. The fourth-order valence-corrected chi connectivity index (χ4v) is 8.71. The van der Waals surface area contributed by atoms with Gasteiger partial charge in [-0.3, -0.25) is 0 Å². The average molecular weight is 280 g/mol. The van der Waals surface area contributed by atoms with E-state index in [1.54, 1.807) is 0 Å². The minimum atomic E-state index is -1.59. The molecule has 0 saturated carbocycles. The Hall–Kier alpha value is 0.0901. The van der Waals surface area contributed by atoms with Crippen molar-refractivity contribution in [1.29, 1.82) is 0 Å². The first-order valence-electron chi connectivity index (χ1n) is 4.87. The van der Waals surface area contributed by atoms with E-state index >= 15 is 0 Å². The van der Waals surface area contributed by atoms with Crippen LogP contribution in [0.3, 0.4) is 0 Å². The second-order valence-electron chi connectivity index (χ2n) is 4.31. The van der Waals surface area contributed by atoms with Crippen LogP contribution in [0.15, 0.2) is 28.2 Å². The topological polar surface area (TPSA) is 0 Å². The predicted molar refractivity (Wildman–Crippen MR) is 64.0 cm³/mol. The monoisotopic (exact) mass is 280 g/mol. The second-order valence-corrected chi connectivity index (χ2v) is 10.5. The number of hydrogen-bond acceptors (Lipinski definition) is 0. The number of rotatable bonds is 3. The molecule has 13 heavy (non-hydrogen) atoms. The summed E-state index contributed by atoms with van der Waals surface area (Å²) >= 11 is -1.59. The Labute approximate surface area is 91.0 Å². The molecule has 72 valence electrons. The first-order valence-corrected chi connectivity index (χ1v) is 10.6. The molecule has 0 N–H and O–H groups in total. The molecule has 0 aliphatic rings. The van der Waals surface area contributed by atoms with Crippen molar-refractivity contribution in [3.05, 3.63) is 28.2 Å². The van der Waals surface area contributed by atoms with Gasteiger partial charge in [0.15, 0.2) is 0 Å². The first kappa shape index (κ1) is 13.1. The van der Waals surface area contributed by atoms with Crippen molar-refractivity contribution in [2.45, 2.75) is 41.5 Å². The molecule has 0 aliphatic heterocycles. The van der Waals surface area contributed by atoms with Gasteiger partial charge < -0.3 is 0 Å². The van der Waals surface area contributed by atoms with E-state index in [-0.39, 0.29) is 0 Å². The minimum absolute atomic E-state index is 1.47. The molecule has 0 aromatic carbocycles. The molecular weight excluding hydrogens is 259 g/mol. The molecule has 1 heteroatoms. The van der Waals surface area contributed by atoms with Crippen LogP contribution >= 0.6 is 0 Å². The third-order valence-corrected chi connectivity index (χ3v) is 10.6. The van der Waals surface area contributed by atoms with Crippen LogP contribution < -0.4 is 0 Å². The van der Waals surface area contributed by atoms with E-state index in [4.69, 9.17) is 0 Å². The van der Waals surface area contributed by atoms with Crippen LogP contribution in [0.5, 0.6) is 0 Å². The molecule has 0 saturated heterocycles. The van der Waals surface area contributed by atoms with Gasteiger partial charge in [-0.2, -0.15) is 0 Å². The van der Waals surface area contributed by atoms with Crippen LogP contribution in [0.25, 0.3) is 0 Å². The summed E-state index contributed by atoms with van der Waals surface area (Å²) in [6, 6.07) is 0. The van der Waals surface area contributed by atoms with Gasteiger partial charge in [-0.1, -0.05) is 0 Å². The van der Waals surface area contributed by atoms with Crippen LogP contribution in [0.1, 0.15) is 41.5 Å². The maximum absolute atomic E-state index is 2.50. The standard InChI is InChI=1S/3C4H7.In/c3*1-4(2)3;/h3*1H,2-3H3;. The fraction of sp³-hybridized carbons (Fsp3) is 0.500. The van der Waals surface area contributed by atoms with Crippen LogP contribution in [-0.4, -0.2) is 21.4 Å². The van der Waals surface area contributed by atoms with Gasteiger partial charge >= 0.3 is 91.2 Å². The predicted octanol–water partition coefficient (Wildman–Crippen LogP) is 4.00. The van der Waals surface area contributed by atoms with Crippen LogP contribution in [0.4, 0.5) is 0 Å². The summed E-state index contributed by atoms with van der Waals surface area (Å²) in [6.07, 6.45) is 0. The Balaban J connectivity index is 4.68. The van der Waals surface area contributed by atoms with Gasteiger partial charge in [-0.05, 0) is 0 Å². The summed E-state index contributed by atoms with van der Waals surface area (Å²) in [6.45, 7) is 13.2. The molecule has 0 bridgehead atoms. The van der Waals surface area contributed by atoms with E-state index in [0.29, 0.717) is 0 Å². The van der Waals surface area contributed by atoms with Gasteiger partial charge in [0.2, 0.25) is 0 Å². The van der Waals surface area contributed by atoms with E-state index in [1.807, 2.05) is 0 Å². The van der Waals surface area contributed by atoms with Crippen LogP contribution in [0, 0.1) is 0 Å². The van der Waals surface area contributed by atoms with Gasteiger partial charge in [0.25, 0.3) is 0 Å². The maximum atomic E-state index is 2.50. The van der Waals surface area contributed by atoms with Crippen LogP contribution in [-0.2, 0) is 0 Å². The van der Waals surface area contributed by atoms with Crippen molar-refractivity contribution >= 4 is 21.4 Å². The Kier molecular flexibility index (Phi) is 6.58. The van der Waals surface area contributed by atoms with Gasteiger partial charge in [0, 0.05) is 0 Å². The normalized spacial score (nSPS) is 8.77. The van der Waals surface area contributed by atoms with Crippen molar-refractivity contribution in [2.75, 3.05) is 0 Å². The Bertz CT molecular complexity index is 189. The zero-order valence-corrected chi connectivity index (χ0v) is 13.1. The number of allylic oxidation sites excluding steroid dienone is 3. The summed E-state index contributed by atoms with van der Waals surface area (Å²) < 4.78 is 7.50. The van der Waals surface area contributed by atoms with Gasteiger partial charge in [-0.15, -0.1) is 0 Å². The van der Waals surface area contributed by atoms with E-state index in [1.165, 1.54) is 16.7 Å². The van der Waals surface area contributed by atoms with Crippen molar-refractivity contribution in [3.63, 3.8) is 0 Å². The molecule has 0 aliphatic carbocycles. The molecule has 0 heterocycles. The van der Waals surface area contributed by atoms with Gasteiger partial charge in [0.05, 0.1) is 0 Å².